The van der Waals surface area contributed by atoms with Crippen molar-refractivity contribution in [1.29, 1.82) is 0 Å². The lowest BCUT2D eigenvalue weighted by Crippen LogP contribution is -2.52. The van der Waals surface area contributed by atoms with Gasteiger partial charge < -0.3 is 5.11 Å². The lowest BCUT2D eigenvalue weighted by atomic mass is 9.46. The van der Waals surface area contributed by atoms with E-state index in [1.807, 2.05) is 0 Å². The maximum Gasteiger partial charge on any atom is 0.136 e. The Morgan fingerprint density at radius 3 is 2.53 bits per heavy atom. The molecule has 2 nitrogen and oxygen atoms in total. The molecule has 1 N–H and O–H groups in total. The highest BCUT2D eigenvalue weighted by molar-refractivity contribution is 5.81. The summed E-state index contributed by atoms with van der Waals surface area (Å²) in [6.45, 7) is 9.54. The standard InChI is InChI=1S/C30H48O2/c1-5-30(32)17-16-28(3)22(19-30)10-11-23-25-13-12-24(29(25,4)15-14-26(23)28)20(2)27(31)18-21-8-6-7-9-21/h10,20-21,23-26,32H,5-9,11-19H2,1-4H3/t20-,23-,24+,25-,26-,28-,29+,30-/m0/s1. The number of carbonyl (C=O) groups is 1. The molecule has 0 aromatic rings. The summed E-state index contributed by atoms with van der Waals surface area (Å²) in [6.07, 6.45) is 19.0. The van der Waals surface area contributed by atoms with Crippen LogP contribution in [0.1, 0.15) is 118 Å². The fourth-order valence-electron chi connectivity index (χ4n) is 9.79. The van der Waals surface area contributed by atoms with Crippen molar-refractivity contribution < 1.29 is 9.90 Å². The van der Waals surface area contributed by atoms with Crippen molar-refractivity contribution in [3.63, 3.8) is 0 Å². The number of Topliss-reactive ketones (excluding diaryl/α,β-unsaturated/α-hetero) is 1. The van der Waals surface area contributed by atoms with Crippen LogP contribution in [0.2, 0.25) is 0 Å². The molecule has 0 bridgehead atoms. The number of rotatable bonds is 5. The van der Waals surface area contributed by atoms with Crippen LogP contribution in [0.25, 0.3) is 0 Å². The topological polar surface area (TPSA) is 37.3 Å². The van der Waals surface area contributed by atoms with E-state index < -0.39 is 5.60 Å². The molecule has 0 saturated heterocycles. The molecule has 5 rings (SSSR count). The summed E-state index contributed by atoms with van der Waals surface area (Å²) in [5, 5.41) is 11.0. The van der Waals surface area contributed by atoms with Crippen LogP contribution in [-0.2, 0) is 4.79 Å². The Bertz CT molecular complexity index is 763. The first-order valence-corrected chi connectivity index (χ1v) is 14.1. The third-order valence-corrected chi connectivity index (χ3v) is 12.1. The summed E-state index contributed by atoms with van der Waals surface area (Å²) < 4.78 is 0. The van der Waals surface area contributed by atoms with Gasteiger partial charge in [0.15, 0.2) is 0 Å². The SMILES string of the molecule is CC[C@]1(O)CC[C@@]2(C)C(=CC[C@H]3[C@@H]4CC[C@H]([C@H](C)C(=O)CC5CCCC5)[C@@]4(C)CC[C@@H]32)C1. The molecule has 2 heteroatoms. The quantitative estimate of drug-likeness (QED) is 0.450. The van der Waals surface area contributed by atoms with Crippen LogP contribution in [0.15, 0.2) is 11.6 Å². The predicted octanol–water partition coefficient (Wildman–Crippen LogP) is 7.49. The van der Waals surface area contributed by atoms with Crippen LogP contribution in [0.3, 0.4) is 0 Å². The van der Waals surface area contributed by atoms with Gasteiger partial charge in [-0.15, -0.1) is 0 Å². The zero-order chi connectivity index (χ0) is 22.7. The van der Waals surface area contributed by atoms with Crippen molar-refractivity contribution in [3.05, 3.63) is 11.6 Å². The smallest absolute Gasteiger partial charge is 0.136 e. The van der Waals surface area contributed by atoms with E-state index in [9.17, 15) is 9.90 Å². The Morgan fingerprint density at radius 2 is 1.81 bits per heavy atom. The van der Waals surface area contributed by atoms with Crippen molar-refractivity contribution in [3.8, 4) is 0 Å². The van der Waals surface area contributed by atoms with Crippen LogP contribution in [0.5, 0.6) is 0 Å². The molecule has 180 valence electrons. The van der Waals surface area contributed by atoms with Gasteiger partial charge >= 0.3 is 0 Å². The molecule has 0 spiro atoms. The number of carbonyl (C=O) groups excluding carboxylic acids is 1. The number of hydrogen-bond donors (Lipinski definition) is 1. The second-order valence-electron chi connectivity index (χ2n) is 13.4. The maximum absolute atomic E-state index is 13.3. The maximum atomic E-state index is 13.3. The Morgan fingerprint density at radius 1 is 1.06 bits per heavy atom. The predicted molar refractivity (Wildman–Crippen MR) is 131 cm³/mol. The minimum absolute atomic E-state index is 0.252. The highest BCUT2D eigenvalue weighted by Gasteiger charge is 2.60. The molecule has 0 radical (unpaired) electrons. The molecule has 8 atom stereocenters. The van der Waals surface area contributed by atoms with Gasteiger partial charge in [-0.3, -0.25) is 4.79 Å². The van der Waals surface area contributed by atoms with Gasteiger partial charge in [0.1, 0.15) is 5.78 Å². The molecule has 4 fully saturated rings. The molecule has 0 amide bonds. The van der Waals surface area contributed by atoms with E-state index in [4.69, 9.17) is 0 Å². The summed E-state index contributed by atoms with van der Waals surface area (Å²) in [5.41, 5.74) is 1.77. The third-order valence-electron chi connectivity index (χ3n) is 12.1. The second kappa shape index (κ2) is 8.24. The van der Waals surface area contributed by atoms with Crippen molar-refractivity contribution in [1.82, 2.24) is 0 Å². The van der Waals surface area contributed by atoms with E-state index in [1.54, 1.807) is 5.57 Å². The molecule has 0 aromatic heterocycles. The molecule has 5 aliphatic rings. The number of aliphatic hydroxyl groups is 1. The average Bonchev–Trinajstić information content (AvgIpc) is 3.41. The summed E-state index contributed by atoms with van der Waals surface area (Å²) in [6, 6.07) is 0. The van der Waals surface area contributed by atoms with Crippen molar-refractivity contribution >= 4 is 5.78 Å². The molecule has 0 aliphatic heterocycles. The average molecular weight is 441 g/mol. The van der Waals surface area contributed by atoms with E-state index in [0.717, 1.165) is 49.9 Å². The van der Waals surface area contributed by atoms with Crippen molar-refractivity contribution in [2.24, 2.45) is 46.3 Å². The highest BCUT2D eigenvalue weighted by atomic mass is 16.3. The van der Waals surface area contributed by atoms with Crippen LogP contribution < -0.4 is 0 Å². The lowest BCUT2D eigenvalue weighted by Gasteiger charge is -2.59. The zero-order valence-corrected chi connectivity index (χ0v) is 21.3. The molecule has 0 unspecified atom stereocenters. The van der Waals surface area contributed by atoms with Gasteiger partial charge in [-0.1, -0.05) is 65.0 Å². The van der Waals surface area contributed by atoms with Gasteiger partial charge in [-0.2, -0.15) is 0 Å². The Hall–Kier alpha value is -0.630. The Balaban J connectivity index is 1.33. The van der Waals surface area contributed by atoms with Crippen molar-refractivity contribution in [2.75, 3.05) is 0 Å². The van der Waals surface area contributed by atoms with E-state index in [2.05, 4.69) is 33.8 Å². The van der Waals surface area contributed by atoms with Gasteiger partial charge in [-0.25, -0.2) is 0 Å². The van der Waals surface area contributed by atoms with E-state index in [-0.39, 0.29) is 5.92 Å². The number of ketones is 1. The fraction of sp³-hybridized carbons (Fsp3) is 0.900. The normalized spacial score (nSPS) is 47.3. The van der Waals surface area contributed by atoms with E-state index >= 15 is 0 Å². The van der Waals surface area contributed by atoms with Gasteiger partial charge in [0.2, 0.25) is 0 Å². The largest absolute Gasteiger partial charge is 0.390 e. The summed E-state index contributed by atoms with van der Waals surface area (Å²) in [7, 11) is 0. The van der Waals surface area contributed by atoms with Crippen LogP contribution in [0.4, 0.5) is 0 Å². The van der Waals surface area contributed by atoms with Crippen LogP contribution >= 0.6 is 0 Å². The second-order valence-corrected chi connectivity index (χ2v) is 13.4. The van der Waals surface area contributed by atoms with Gasteiger partial charge in [0.05, 0.1) is 5.60 Å². The Kier molecular flexibility index (Phi) is 5.96. The van der Waals surface area contributed by atoms with Crippen LogP contribution in [0, 0.1) is 46.3 Å². The molecule has 0 heterocycles. The lowest BCUT2D eigenvalue weighted by molar-refractivity contribution is -0.128. The minimum Gasteiger partial charge on any atom is -0.390 e. The van der Waals surface area contributed by atoms with Crippen molar-refractivity contribution in [2.45, 2.75) is 123 Å². The Labute approximate surface area is 197 Å². The zero-order valence-electron chi connectivity index (χ0n) is 21.3. The summed E-state index contributed by atoms with van der Waals surface area (Å²) in [4.78, 5) is 13.3. The van der Waals surface area contributed by atoms with Gasteiger partial charge in [-0.05, 0) is 98.2 Å². The number of fused-ring (bicyclic) bond motifs is 5. The van der Waals surface area contributed by atoms with Gasteiger partial charge in [0.25, 0.3) is 0 Å². The first-order chi connectivity index (χ1) is 15.2. The number of allylic oxidation sites excluding steroid dienone is 1. The minimum atomic E-state index is -0.463. The summed E-state index contributed by atoms with van der Waals surface area (Å²) in [5.74, 6) is 4.46. The highest BCUT2D eigenvalue weighted by Crippen LogP contribution is 2.67. The molecular formula is C30H48O2. The third kappa shape index (κ3) is 3.57. The molecule has 4 saturated carbocycles. The van der Waals surface area contributed by atoms with E-state index in [1.165, 1.54) is 57.8 Å². The monoisotopic (exact) mass is 440 g/mol. The fourth-order valence-corrected chi connectivity index (χ4v) is 9.79. The van der Waals surface area contributed by atoms with Crippen LogP contribution in [-0.4, -0.2) is 16.5 Å². The molecule has 5 aliphatic carbocycles. The molecular weight excluding hydrogens is 392 g/mol. The van der Waals surface area contributed by atoms with E-state index in [0.29, 0.717) is 28.4 Å². The first-order valence-electron chi connectivity index (χ1n) is 14.1. The molecule has 0 aromatic carbocycles. The number of hydrogen-bond acceptors (Lipinski definition) is 2. The summed E-state index contributed by atoms with van der Waals surface area (Å²) >= 11 is 0. The van der Waals surface area contributed by atoms with Gasteiger partial charge in [0, 0.05) is 12.3 Å². The molecule has 32 heavy (non-hydrogen) atoms. The first kappa shape index (κ1) is 23.1.